The van der Waals surface area contributed by atoms with Gasteiger partial charge in [0, 0.05) is 3950 Å². The standard InChI is InChI=1S/111La. The van der Waals surface area contributed by atoms with Gasteiger partial charge in [-0.05, 0) is 0 Å². The molecule has 0 saturated heterocycles. The van der Waals surface area contributed by atoms with Gasteiger partial charge in [-0.15, -0.1) is 0 Å². The summed E-state index contributed by atoms with van der Waals surface area (Å²) < 4.78 is 0. The minimum atomic E-state index is 0. The van der Waals surface area contributed by atoms with Gasteiger partial charge in [-0.1, -0.05) is 0 Å². The molecular weight excluding hydrogens is 15400 g/mol. The Balaban J connectivity index is 0. The molecule has 0 saturated carbocycles. The van der Waals surface area contributed by atoms with Crippen LogP contribution in [0.3, 0.4) is 0 Å². The molecule has 0 heterocycles. The fraction of sp³-hybridized carbons (Fsp3) is 0. The first-order valence-corrected chi connectivity index (χ1v) is 0. The molecule has 0 aromatic heterocycles. The van der Waals surface area contributed by atoms with Crippen molar-refractivity contribution in [2.75, 3.05) is 0 Å². The summed E-state index contributed by atoms with van der Waals surface area (Å²) in [6, 6.07) is 0. The molecule has 0 fully saturated rings. The summed E-state index contributed by atoms with van der Waals surface area (Å²) in [5.41, 5.74) is 0. The third kappa shape index (κ3) is 799. The third-order valence-electron chi connectivity index (χ3n) is 0. The molecule has 0 aliphatic rings. The Labute approximate surface area is 3790 Å². The molecule has 0 N–H and O–H groups in total. The summed E-state index contributed by atoms with van der Waals surface area (Å²) in [6.45, 7) is 0. The van der Waals surface area contributed by atoms with Crippen molar-refractivity contribution in [2.45, 2.75) is 0 Å². The molecular formula is La111. The number of hydrogen-bond acceptors (Lipinski definition) is 0. The van der Waals surface area contributed by atoms with Crippen molar-refractivity contribution < 1.29 is 3950 Å². The molecule has 0 rings (SSSR count). The first-order valence-electron chi connectivity index (χ1n) is 0. The molecule has 111 radical (unpaired) electrons. The Bertz CT molecular complexity index is 0. The topological polar surface area (TPSA) is 0 Å². The van der Waals surface area contributed by atoms with Crippen molar-refractivity contribution in [3.05, 3.63) is 0 Å². The molecule has 0 amide bonds. The van der Waals surface area contributed by atoms with E-state index in [4.69, 9.17) is 0 Å². The molecule has 0 spiro atoms. The van der Waals surface area contributed by atoms with E-state index in [9.17, 15) is 0 Å². The van der Waals surface area contributed by atoms with E-state index in [2.05, 4.69) is 0 Å². The van der Waals surface area contributed by atoms with Gasteiger partial charge < -0.3 is 0 Å². The van der Waals surface area contributed by atoms with Crippen LogP contribution >= 0.6 is 0 Å². The Kier molecular flexibility index (Phi) is 5920. The second-order valence-corrected chi connectivity index (χ2v) is 0. The molecule has 0 nitrogen and oxygen atoms in total. The predicted octanol–water partition coefficient (Wildman–Crippen LogP) is 0. The molecule has 0 atom stereocenters. The molecule has 333 valence electrons. The monoisotopic (exact) mass is 15400 g/mol. The van der Waals surface area contributed by atoms with Gasteiger partial charge in [0.25, 0.3) is 0 Å². The summed E-state index contributed by atoms with van der Waals surface area (Å²) in [7, 11) is 0. The van der Waals surface area contributed by atoms with Gasteiger partial charge in [0.1, 0.15) is 0 Å². The molecule has 111 heavy (non-hydrogen) atoms. The van der Waals surface area contributed by atoms with Gasteiger partial charge in [-0.3, -0.25) is 0 Å². The zero-order chi connectivity index (χ0) is 0. The fourth-order valence-corrected chi connectivity index (χ4v) is 0. The van der Waals surface area contributed by atoms with Gasteiger partial charge in [-0.25, -0.2) is 0 Å². The van der Waals surface area contributed by atoms with E-state index in [1.807, 2.05) is 0 Å². The second-order valence-electron chi connectivity index (χ2n) is 0. The van der Waals surface area contributed by atoms with E-state index < -0.39 is 0 Å². The fourth-order valence-electron chi connectivity index (χ4n) is 0. The first kappa shape index (κ1) is 815. The van der Waals surface area contributed by atoms with Crippen molar-refractivity contribution in [1.82, 2.24) is 0 Å². The molecule has 111 heteroatoms. The van der Waals surface area contributed by atoms with Crippen LogP contribution in [0.25, 0.3) is 0 Å². The Hall–Kier alpha value is 133. The van der Waals surface area contributed by atoms with E-state index in [0.717, 1.165) is 0 Å². The van der Waals surface area contributed by atoms with E-state index in [1.54, 1.807) is 0 Å². The average molecular weight is 15400 g/mol. The molecule has 0 bridgehead atoms. The number of hydrogen-bond donors (Lipinski definition) is 0. The zero-order valence-corrected chi connectivity index (χ0v) is 467. The smallest absolute Gasteiger partial charge is 0 e. The molecule has 0 aliphatic carbocycles. The maximum absolute atomic E-state index is 0. The third-order valence-corrected chi connectivity index (χ3v) is 0. The van der Waals surface area contributed by atoms with E-state index >= 15 is 0 Å². The second kappa shape index (κ2) is 805. The van der Waals surface area contributed by atoms with Crippen LogP contribution in [0.5, 0.6) is 0 Å². The van der Waals surface area contributed by atoms with Crippen molar-refractivity contribution in [2.24, 2.45) is 0 Å². The first-order chi connectivity index (χ1) is 0. The zero-order valence-electron chi connectivity index (χ0n) is 64.1. The van der Waals surface area contributed by atoms with Crippen LogP contribution < -0.4 is 0 Å². The summed E-state index contributed by atoms with van der Waals surface area (Å²) in [5, 5.41) is 0. The summed E-state index contributed by atoms with van der Waals surface area (Å²) in [4.78, 5) is 0. The van der Waals surface area contributed by atoms with Crippen molar-refractivity contribution in [1.29, 1.82) is 0 Å². The van der Waals surface area contributed by atoms with Gasteiger partial charge in [0.05, 0.1) is 0 Å². The van der Waals surface area contributed by atoms with Gasteiger partial charge in [-0.2, -0.15) is 0 Å². The van der Waals surface area contributed by atoms with Crippen LogP contribution in [0.2, 0.25) is 0 Å². The van der Waals surface area contributed by atoms with Gasteiger partial charge in [0.2, 0.25) is 0 Å². The quantitative estimate of drug-likeness (QED) is 0.321. The van der Waals surface area contributed by atoms with E-state index in [0.29, 0.717) is 0 Å². The van der Waals surface area contributed by atoms with Crippen LogP contribution in [-0.2, 0) is 0 Å². The van der Waals surface area contributed by atoms with Crippen LogP contribution in [-0.4, -0.2) is 0 Å². The van der Waals surface area contributed by atoms with Crippen molar-refractivity contribution in [3.63, 3.8) is 0 Å². The minimum Gasteiger partial charge on any atom is 0 e. The average Bonchev–Trinajstić information content (AvgIpc) is 0. The molecule has 0 aliphatic heterocycles. The Morgan fingerprint density at radius 3 is 0.00901 bits per heavy atom. The summed E-state index contributed by atoms with van der Waals surface area (Å²) in [6.07, 6.45) is 0. The van der Waals surface area contributed by atoms with Crippen molar-refractivity contribution >= 4 is 0 Å². The van der Waals surface area contributed by atoms with E-state index in [1.165, 1.54) is 0 Å². The SMILES string of the molecule is [La].[La].[La].[La].[La].[La].[La].[La].[La].[La].[La].[La].[La].[La].[La].[La].[La].[La].[La].[La].[La].[La].[La].[La].[La].[La].[La].[La].[La].[La].[La].[La].[La].[La].[La].[La].[La].[La].[La].[La].[La].[La].[La].[La].[La].[La].[La].[La].[La].[La].[La].[La].[La].[La].[La].[La].[La].[La].[La].[La].[La].[La].[La].[La].[La].[La].[La].[La].[La].[La].[La].[La].[La].[La].[La].[La].[La].[La].[La].[La].[La].[La].[La].[La].[La].[La].[La].[La].[La].[La].[La].[La].[La].[La].[La].[La].[La].[La].[La].[La].[La].[La].[La].[La].[La].[La].[La].[La].[La].[La].[La]. The molecule has 0 aromatic rings. The normalized spacial score (nSPS) is 0. The van der Waals surface area contributed by atoms with E-state index in [-0.39, 0.29) is 3950 Å². The van der Waals surface area contributed by atoms with Gasteiger partial charge in [0.15, 0.2) is 0 Å². The molecule has 0 unspecified atom stereocenters. The van der Waals surface area contributed by atoms with Crippen LogP contribution in [0.15, 0.2) is 0 Å². The largest absolute Gasteiger partial charge is 0 e. The number of rotatable bonds is 0. The summed E-state index contributed by atoms with van der Waals surface area (Å²) in [5.74, 6) is 0. The maximum atomic E-state index is 0. The van der Waals surface area contributed by atoms with Crippen LogP contribution in [0.1, 0.15) is 0 Å². The Morgan fingerprint density at radius 1 is 0.00901 bits per heavy atom. The predicted molar refractivity (Wildman–Crippen MR) is 0 cm³/mol. The van der Waals surface area contributed by atoms with Gasteiger partial charge >= 0.3 is 0 Å². The van der Waals surface area contributed by atoms with Crippen molar-refractivity contribution in [3.8, 4) is 0 Å². The van der Waals surface area contributed by atoms with Crippen LogP contribution in [0.4, 0.5) is 0 Å². The maximum Gasteiger partial charge on any atom is 0 e. The molecule has 0 aromatic carbocycles. The minimum absolute atomic E-state index is 0. The van der Waals surface area contributed by atoms with Crippen LogP contribution in [0, 0.1) is 3950 Å². The summed E-state index contributed by atoms with van der Waals surface area (Å²) >= 11 is 0. The Morgan fingerprint density at radius 2 is 0.00901 bits per heavy atom.